The van der Waals surface area contributed by atoms with E-state index in [4.69, 9.17) is 4.74 Å². The second kappa shape index (κ2) is 3.68. The lowest BCUT2D eigenvalue weighted by Gasteiger charge is -2.22. The maximum absolute atomic E-state index is 11.3. The quantitative estimate of drug-likeness (QED) is 0.648. The molecule has 0 spiro atoms. The summed E-state index contributed by atoms with van der Waals surface area (Å²) in [7, 11) is 0. The van der Waals surface area contributed by atoms with Crippen LogP contribution in [0.3, 0.4) is 0 Å². The summed E-state index contributed by atoms with van der Waals surface area (Å²) in [5, 5.41) is 27.8. The molecule has 1 aromatic carbocycles. The number of hydrogen-bond donors (Lipinski definition) is 3. The highest BCUT2D eigenvalue weighted by Gasteiger charge is 2.44. The molecular formula is C11H12O5. The summed E-state index contributed by atoms with van der Waals surface area (Å²) in [6.45, 7) is 0.473. The van der Waals surface area contributed by atoms with Gasteiger partial charge in [0.15, 0.2) is 11.5 Å². The average Bonchev–Trinajstić information content (AvgIpc) is 2.72. The van der Waals surface area contributed by atoms with Crippen molar-refractivity contribution in [3.63, 3.8) is 0 Å². The average molecular weight is 224 g/mol. The molecule has 1 saturated heterocycles. The molecule has 0 bridgehead atoms. The predicted molar refractivity (Wildman–Crippen MR) is 54.5 cm³/mol. The Hall–Kier alpha value is -1.75. The normalized spacial score (nSPS) is 24.5. The number of aliphatic carboxylic acids is 1. The van der Waals surface area contributed by atoms with Crippen molar-refractivity contribution < 1.29 is 24.9 Å². The first-order valence-electron chi connectivity index (χ1n) is 4.90. The van der Waals surface area contributed by atoms with Crippen molar-refractivity contribution in [2.75, 3.05) is 13.2 Å². The van der Waals surface area contributed by atoms with Gasteiger partial charge < -0.3 is 20.1 Å². The number of phenols is 2. The minimum Gasteiger partial charge on any atom is -0.504 e. The molecule has 1 heterocycles. The zero-order valence-electron chi connectivity index (χ0n) is 8.51. The Balaban J connectivity index is 2.47. The van der Waals surface area contributed by atoms with Crippen LogP contribution in [0.15, 0.2) is 18.2 Å². The van der Waals surface area contributed by atoms with Crippen LogP contribution < -0.4 is 0 Å². The minimum absolute atomic E-state index is 0.0898. The van der Waals surface area contributed by atoms with Crippen LogP contribution in [-0.2, 0) is 14.9 Å². The van der Waals surface area contributed by atoms with Gasteiger partial charge in [-0.15, -0.1) is 0 Å². The summed E-state index contributed by atoms with van der Waals surface area (Å²) in [4.78, 5) is 11.3. The van der Waals surface area contributed by atoms with Crippen LogP contribution in [0.25, 0.3) is 0 Å². The lowest BCUT2D eigenvalue weighted by Crippen LogP contribution is -2.36. The third-order valence-corrected chi connectivity index (χ3v) is 2.96. The van der Waals surface area contributed by atoms with Crippen molar-refractivity contribution in [3.05, 3.63) is 23.8 Å². The topological polar surface area (TPSA) is 87.0 Å². The van der Waals surface area contributed by atoms with E-state index in [9.17, 15) is 20.1 Å². The van der Waals surface area contributed by atoms with Crippen LogP contribution in [0.4, 0.5) is 0 Å². The fourth-order valence-electron chi connectivity index (χ4n) is 1.91. The lowest BCUT2D eigenvalue weighted by atomic mass is 9.80. The third-order valence-electron chi connectivity index (χ3n) is 2.96. The molecule has 0 radical (unpaired) electrons. The van der Waals surface area contributed by atoms with Crippen molar-refractivity contribution in [2.24, 2.45) is 0 Å². The lowest BCUT2D eigenvalue weighted by molar-refractivity contribution is -0.143. The number of ether oxygens (including phenoxy) is 1. The van der Waals surface area contributed by atoms with E-state index in [0.717, 1.165) is 0 Å². The molecule has 1 aliphatic rings. The molecule has 86 valence electrons. The standard InChI is InChI=1S/C11H12O5/c12-8-2-1-7(5-9(8)13)11(10(14)15)3-4-16-6-11/h1-2,5,12-13H,3-4,6H2,(H,14,15). The monoisotopic (exact) mass is 224 g/mol. The third kappa shape index (κ3) is 1.49. The number of benzene rings is 1. The Kier molecular flexibility index (Phi) is 2.47. The van der Waals surface area contributed by atoms with Gasteiger partial charge in [0.2, 0.25) is 0 Å². The number of rotatable bonds is 2. The maximum Gasteiger partial charge on any atom is 0.316 e. The summed E-state index contributed by atoms with van der Waals surface area (Å²) >= 11 is 0. The molecule has 0 amide bonds. The first-order valence-corrected chi connectivity index (χ1v) is 4.90. The first-order chi connectivity index (χ1) is 7.56. The highest BCUT2D eigenvalue weighted by Crippen LogP contribution is 2.37. The largest absolute Gasteiger partial charge is 0.504 e. The molecule has 1 aliphatic heterocycles. The molecule has 1 fully saturated rings. The number of carboxylic acid groups (broad SMARTS) is 1. The van der Waals surface area contributed by atoms with Gasteiger partial charge in [-0.25, -0.2) is 0 Å². The fourth-order valence-corrected chi connectivity index (χ4v) is 1.91. The molecule has 1 atom stereocenters. The highest BCUT2D eigenvalue weighted by atomic mass is 16.5. The summed E-state index contributed by atoms with van der Waals surface area (Å²) in [5.74, 6) is -1.55. The van der Waals surface area contributed by atoms with Crippen molar-refractivity contribution >= 4 is 5.97 Å². The van der Waals surface area contributed by atoms with Gasteiger partial charge in [0.25, 0.3) is 0 Å². The smallest absolute Gasteiger partial charge is 0.316 e. The highest BCUT2D eigenvalue weighted by molar-refractivity contribution is 5.82. The van der Waals surface area contributed by atoms with Crippen LogP contribution in [-0.4, -0.2) is 34.5 Å². The molecule has 3 N–H and O–H groups in total. The Morgan fingerprint density at radius 2 is 2.06 bits per heavy atom. The second-order valence-corrected chi connectivity index (χ2v) is 3.89. The van der Waals surface area contributed by atoms with Crippen molar-refractivity contribution in [1.29, 1.82) is 0 Å². The van der Waals surface area contributed by atoms with Crippen LogP contribution in [0.2, 0.25) is 0 Å². The van der Waals surface area contributed by atoms with E-state index in [1.165, 1.54) is 18.2 Å². The van der Waals surface area contributed by atoms with E-state index >= 15 is 0 Å². The van der Waals surface area contributed by atoms with E-state index in [1.807, 2.05) is 0 Å². The molecule has 0 aliphatic carbocycles. The van der Waals surface area contributed by atoms with Crippen molar-refractivity contribution in [2.45, 2.75) is 11.8 Å². The zero-order valence-corrected chi connectivity index (χ0v) is 8.51. The number of phenolic OH excluding ortho intramolecular Hbond substituents is 2. The summed E-state index contributed by atoms with van der Waals surface area (Å²) in [6.07, 6.45) is 0.368. The SMILES string of the molecule is O=C(O)C1(c2ccc(O)c(O)c2)CCOC1. The zero-order chi connectivity index (χ0) is 11.8. The van der Waals surface area contributed by atoms with Crippen LogP contribution in [0, 0.1) is 0 Å². The van der Waals surface area contributed by atoms with Gasteiger partial charge in [0, 0.05) is 6.61 Å². The van der Waals surface area contributed by atoms with Crippen LogP contribution in [0.5, 0.6) is 11.5 Å². The molecule has 5 heteroatoms. The van der Waals surface area contributed by atoms with Crippen molar-refractivity contribution in [1.82, 2.24) is 0 Å². The Labute approximate surface area is 91.9 Å². The summed E-state index contributed by atoms with van der Waals surface area (Å²) < 4.78 is 5.12. The number of hydrogen-bond acceptors (Lipinski definition) is 4. The summed E-state index contributed by atoms with van der Waals surface area (Å²) in [5.41, 5.74) is -0.654. The first kappa shape index (κ1) is 10.8. The van der Waals surface area contributed by atoms with Gasteiger partial charge in [0.1, 0.15) is 5.41 Å². The molecule has 16 heavy (non-hydrogen) atoms. The molecule has 0 aromatic heterocycles. The van der Waals surface area contributed by atoms with Gasteiger partial charge in [-0.05, 0) is 24.1 Å². The Bertz CT molecular complexity index is 420. The van der Waals surface area contributed by atoms with Crippen molar-refractivity contribution in [3.8, 4) is 11.5 Å². The van der Waals surface area contributed by atoms with Gasteiger partial charge in [0.05, 0.1) is 6.61 Å². The molecular weight excluding hydrogens is 212 g/mol. The van der Waals surface area contributed by atoms with E-state index in [2.05, 4.69) is 0 Å². The minimum atomic E-state index is -1.11. The molecule has 0 saturated carbocycles. The Morgan fingerprint density at radius 1 is 1.31 bits per heavy atom. The molecule has 1 unspecified atom stereocenters. The summed E-state index contributed by atoms with van der Waals surface area (Å²) in [6, 6.07) is 4.06. The van der Waals surface area contributed by atoms with E-state index in [1.54, 1.807) is 0 Å². The predicted octanol–water partition coefficient (Wildman–Crippen LogP) is 0.841. The second-order valence-electron chi connectivity index (χ2n) is 3.89. The fraction of sp³-hybridized carbons (Fsp3) is 0.364. The van der Waals surface area contributed by atoms with Crippen LogP contribution >= 0.6 is 0 Å². The number of carboxylic acids is 1. The maximum atomic E-state index is 11.3. The Morgan fingerprint density at radius 3 is 2.56 bits per heavy atom. The number of carbonyl (C=O) groups is 1. The van der Waals surface area contributed by atoms with E-state index in [-0.39, 0.29) is 18.1 Å². The van der Waals surface area contributed by atoms with Gasteiger partial charge in [-0.2, -0.15) is 0 Å². The van der Waals surface area contributed by atoms with Gasteiger partial charge in [-0.3, -0.25) is 4.79 Å². The van der Waals surface area contributed by atoms with Gasteiger partial charge >= 0.3 is 5.97 Å². The number of aromatic hydroxyl groups is 2. The van der Waals surface area contributed by atoms with Gasteiger partial charge in [-0.1, -0.05) is 6.07 Å². The van der Waals surface area contributed by atoms with E-state index in [0.29, 0.717) is 18.6 Å². The molecule has 5 nitrogen and oxygen atoms in total. The molecule has 1 aromatic rings. The van der Waals surface area contributed by atoms with E-state index < -0.39 is 11.4 Å². The van der Waals surface area contributed by atoms with Crippen LogP contribution in [0.1, 0.15) is 12.0 Å². The molecule has 2 rings (SSSR count).